The second-order valence-electron chi connectivity index (χ2n) is 7.17. The normalized spacial score (nSPS) is 10.2. The highest BCUT2D eigenvalue weighted by atomic mass is 16.2. The van der Waals surface area contributed by atoms with Gasteiger partial charge in [-0.2, -0.15) is 0 Å². The van der Waals surface area contributed by atoms with Gasteiger partial charge in [0.05, 0.1) is 6.54 Å². The van der Waals surface area contributed by atoms with Crippen molar-refractivity contribution in [2.24, 2.45) is 0 Å². The lowest BCUT2D eigenvalue weighted by Gasteiger charge is -2.13. The fourth-order valence-corrected chi connectivity index (χ4v) is 2.69. The van der Waals surface area contributed by atoms with Crippen molar-refractivity contribution < 1.29 is 14.4 Å². The molecular weight excluding hydrogens is 368 g/mol. The zero-order valence-corrected chi connectivity index (χ0v) is 17.4. The molecule has 0 aliphatic carbocycles. The van der Waals surface area contributed by atoms with Crippen LogP contribution in [0.15, 0.2) is 48.5 Å². The van der Waals surface area contributed by atoms with Crippen LogP contribution in [0.25, 0.3) is 0 Å². The molecular formula is C22H28N4O3. The van der Waals surface area contributed by atoms with Crippen LogP contribution in [0, 0.1) is 0 Å². The van der Waals surface area contributed by atoms with Gasteiger partial charge in [-0.3, -0.25) is 14.4 Å². The first-order valence-electron chi connectivity index (χ1n) is 9.41. The van der Waals surface area contributed by atoms with Gasteiger partial charge in [-0.1, -0.05) is 18.2 Å². The Labute approximate surface area is 171 Å². The van der Waals surface area contributed by atoms with Crippen LogP contribution in [0.5, 0.6) is 0 Å². The van der Waals surface area contributed by atoms with E-state index in [4.69, 9.17) is 0 Å². The average Bonchev–Trinajstić information content (AvgIpc) is 2.70. The Morgan fingerprint density at radius 2 is 1.55 bits per heavy atom. The molecule has 0 aromatic heterocycles. The maximum atomic E-state index is 12.3. The molecule has 29 heavy (non-hydrogen) atoms. The summed E-state index contributed by atoms with van der Waals surface area (Å²) >= 11 is 0. The molecule has 2 N–H and O–H groups in total. The van der Waals surface area contributed by atoms with Crippen LogP contribution in [0.3, 0.4) is 0 Å². The van der Waals surface area contributed by atoms with E-state index in [1.54, 1.807) is 51.3 Å². The minimum atomic E-state index is -0.198. The van der Waals surface area contributed by atoms with E-state index in [0.29, 0.717) is 29.8 Å². The minimum absolute atomic E-state index is 0.0682. The molecule has 0 saturated heterocycles. The van der Waals surface area contributed by atoms with Crippen LogP contribution >= 0.6 is 0 Å². The Morgan fingerprint density at radius 1 is 0.862 bits per heavy atom. The molecule has 0 spiro atoms. The molecule has 3 amide bonds. The fourth-order valence-electron chi connectivity index (χ4n) is 2.69. The lowest BCUT2D eigenvalue weighted by molar-refractivity contribution is -0.128. The summed E-state index contributed by atoms with van der Waals surface area (Å²) in [4.78, 5) is 39.1. The fraction of sp³-hybridized carbons (Fsp3) is 0.318. The molecule has 0 aliphatic rings. The van der Waals surface area contributed by atoms with E-state index in [9.17, 15) is 14.4 Å². The maximum Gasteiger partial charge on any atom is 0.253 e. The van der Waals surface area contributed by atoms with Crippen molar-refractivity contribution in [1.29, 1.82) is 0 Å². The van der Waals surface area contributed by atoms with Gasteiger partial charge in [0, 0.05) is 51.5 Å². The molecule has 2 rings (SSSR count). The number of aryl methyl sites for hydroxylation is 1. The van der Waals surface area contributed by atoms with Crippen molar-refractivity contribution in [3.63, 3.8) is 0 Å². The summed E-state index contributed by atoms with van der Waals surface area (Å²) in [7, 11) is 6.86. The highest BCUT2D eigenvalue weighted by molar-refractivity contribution is 5.96. The number of carbonyl (C=O) groups excluding carboxylic acids is 3. The van der Waals surface area contributed by atoms with Crippen molar-refractivity contribution in [2.45, 2.75) is 12.8 Å². The van der Waals surface area contributed by atoms with E-state index in [0.717, 1.165) is 5.56 Å². The molecule has 154 valence electrons. The molecule has 0 aliphatic heterocycles. The molecule has 0 fully saturated rings. The zero-order valence-electron chi connectivity index (χ0n) is 17.4. The number of benzene rings is 2. The second-order valence-corrected chi connectivity index (χ2v) is 7.17. The summed E-state index contributed by atoms with van der Waals surface area (Å²) < 4.78 is 0. The van der Waals surface area contributed by atoms with Gasteiger partial charge < -0.3 is 20.4 Å². The van der Waals surface area contributed by atoms with Crippen LogP contribution in [-0.2, 0) is 16.0 Å². The Bertz CT molecular complexity index is 878. The van der Waals surface area contributed by atoms with E-state index in [2.05, 4.69) is 10.6 Å². The molecule has 0 heterocycles. The molecule has 0 unspecified atom stereocenters. The number of rotatable bonds is 8. The van der Waals surface area contributed by atoms with Crippen molar-refractivity contribution in [3.05, 3.63) is 59.7 Å². The maximum absolute atomic E-state index is 12.3. The van der Waals surface area contributed by atoms with Gasteiger partial charge >= 0.3 is 0 Å². The van der Waals surface area contributed by atoms with Gasteiger partial charge in [0.25, 0.3) is 5.91 Å². The topological polar surface area (TPSA) is 81.8 Å². The quantitative estimate of drug-likeness (QED) is 0.718. The highest BCUT2D eigenvalue weighted by Gasteiger charge is 2.09. The van der Waals surface area contributed by atoms with E-state index in [1.807, 2.05) is 30.3 Å². The highest BCUT2D eigenvalue weighted by Crippen LogP contribution is 2.14. The monoisotopic (exact) mass is 396 g/mol. The number of carbonyl (C=O) groups is 3. The molecule has 7 nitrogen and oxygen atoms in total. The SMILES string of the molecule is CN(C)C(=O)CCc1cccc(NC(=O)CNc2cccc(C(=O)N(C)C)c2)c1. The summed E-state index contributed by atoms with van der Waals surface area (Å²) in [6.45, 7) is 0.0724. The number of nitrogens with zero attached hydrogens (tertiary/aromatic N) is 2. The van der Waals surface area contributed by atoms with Gasteiger partial charge in [0.2, 0.25) is 11.8 Å². The van der Waals surface area contributed by atoms with E-state index < -0.39 is 0 Å². The first-order chi connectivity index (χ1) is 13.8. The predicted octanol–water partition coefficient (Wildman–Crippen LogP) is 2.46. The third-order valence-corrected chi connectivity index (χ3v) is 4.31. The summed E-state index contributed by atoms with van der Waals surface area (Å²) in [6.07, 6.45) is 1.04. The third-order valence-electron chi connectivity index (χ3n) is 4.31. The zero-order chi connectivity index (χ0) is 21.4. The largest absolute Gasteiger partial charge is 0.376 e. The van der Waals surface area contributed by atoms with Crippen molar-refractivity contribution in [2.75, 3.05) is 45.4 Å². The number of hydrogen-bond acceptors (Lipinski definition) is 4. The minimum Gasteiger partial charge on any atom is -0.376 e. The molecule has 0 saturated carbocycles. The van der Waals surface area contributed by atoms with Gasteiger partial charge in [-0.05, 0) is 42.3 Å². The van der Waals surface area contributed by atoms with E-state index >= 15 is 0 Å². The average molecular weight is 396 g/mol. The van der Waals surface area contributed by atoms with Gasteiger partial charge in [0.15, 0.2) is 0 Å². The molecule has 0 atom stereocenters. The Balaban J connectivity index is 1.90. The summed E-state index contributed by atoms with van der Waals surface area (Å²) in [5.41, 5.74) is 2.92. The number of nitrogens with one attached hydrogen (secondary N) is 2. The number of hydrogen-bond donors (Lipinski definition) is 2. The molecule has 0 bridgehead atoms. The second kappa shape index (κ2) is 10.3. The van der Waals surface area contributed by atoms with Crippen molar-refractivity contribution in [1.82, 2.24) is 9.80 Å². The standard InChI is InChI=1S/C22H28N4O3/c1-25(2)21(28)12-11-16-7-5-10-19(13-16)24-20(27)15-23-18-9-6-8-17(14-18)22(29)26(3)4/h5-10,13-14,23H,11-12,15H2,1-4H3,(H,24,27). The Morgan fingerprint density at radius 3 is 2.24 bits per heavy atom. The van der Waals surface area contributed by atoms with Gasteiger partial charge in [-0.15, -0.1) is 0 Å². The Hall–Kier alpha value is -3.35. The van der Waals surface area contributed by atoms with Crippen LogP contribution in [0.2, 0.25) is 0 Å². The smallest absolute Gasteiger partial charge is 0.253 e. The first kappa shape index (κ1) is 21.9. The van der Waals surface area contributed by atoms with Gasteiger partial charge in [-0.25, -0.2) is 0 Å². The molecule has 2 aromatic rings. The number of amides is 3. The van der Waals surface area contributed by atoms with E-state index in [-0.39, 0.29) is 24.3 Å². The summed E-state index contributed by atoms with van der Waals surface area (Å²) in [5.74, 6) is -0.225. The lowest BCUT2D eigenvalue weighted by Crippen LogP contribution is -2.23. The molecule has 7 heteroatoms. The molecule has 2 aromatic carbocycles. The summed E-state index contributed by atoms with van der Waals surface area (Å²) in [5, 5.41) is 5.88. The van der Waals surface area contributed by atoms with Crippen LogP contribution in [0.4, 0.5) is 11.4 Å². The van der Waals surface area contributed by atoms with Crippen molar-refractivity contribution in [3.8, 4) is 0 Å². The molecule has 0 radical (unpaired) electrons. The van der Waals surface area contributed by atoms with E-state index in [1.165, 1.54) is 4.90 Å². The summed E-state index contributed by atoms with van der Waals surface area (Å²) in [6, 6.07) is 14.5. The van der Waals surface area contributed by atoms with Crippen LogP contribution < -0.4 is 10.6 Å². The van der Waals surface area contributed by atoms with Crippen molar-refractivity contribution >= 4 is 29.1 Å². The van der Waals surface area contributed by atoms with Crippen LogP contribution in [0.1, 0.15) is 22.3 Å². The van der Waals surface area contributed by atoms with Gasteiger partial charge in [0.1, 0.15) is 0 Å². The lowest BCUT2D eigenvalue weighted by atomic mass is 10.1. The predicted molar refractivity (Wildman–Crippen MR) is 115 cm³/mol. The Kier molecular flexibility index (Phi) is 7.77. The van der Waals surface area contributed by atoms with Crippen LogP contribution in [-0.4, -0.2) is 62.3 Å². The third kappa shape index (κ3) is 6.95. The number of anilines is 2. The first-order valence-corrected chi connectivity index (χ1v) is 9.41.